The van der Waals surface area contributed by atoms with Crippen LogP contribution in [0.1, 0.15) is 11.4 Å². The van der Waals surface area contributed by atoms with Crippen molar-refractivity contribution in [2.24, 2.45) is 0 Å². The highest BCUT2D eigenvalue weighted by atomic mass is 32.1. The average molecular weight is 223 g/mol. The monoisotopic (exact) mass is 223 g/mol. The van der Waals surface area contributed by atoms with Gasteiger partial charge in [0.1, 0.15) is 5.82 Å². The maximum Gasteiger partial charge on any atom is 0.195 e. The summed E-state index contributed by atoms with van der Waals surface area (Å²) < 4.78 is 4.53. The van der Waals surface area contributed by atoms with Gasteiger partial charge in [0.15, 0.2) is 4.77 Å². The lowest BCUT2D eigenvalue weighted by molar-refractivity contribution is 0.522. The van der Waals surface area contributed by atoms with E-state index in [2.05, 4.69) is 15.3 Å². The Balaban J connectivity index is 2.08. The Morgan fingerprint density at radius 2 is 2.20 bits per heavy atom. The molecule has 0 atom stereocenters. The van der Waals surface area contributed by atoms with E-state index in [-0.39, 0.29) is 0 Å². The lowest BCUT2D eigenvalue weighted by Crippen LogP contribution is -2.09. The fourth-order valence-electron chi connectivity index (χ4n) is 1.45. The Hall–Kier alpha value is -1.43. The molecule has 2 heterocycles. The summed E-state index contributed by atoms with van der Waals surface area (Å²) in [6.45, 7) is 5.56. The summed E-state index contributed by atoms with van der Waals surface area (Å²) >= 11 is 5.11. The van der Waals surface area contributed by atoms with Crippen LogP contribution in [0.3, 0.4) is 0 Å². The highest BCUT2D eigenvalue weighted by Gasteiger charge is 2.01. The van der Waals surface area contributed by atoms with Gasteiger partial charge in [-0.1, -0.05) is 0 Å². The lowest BCUT2D eigenvalue weighted by Gasteiger charge is -2.03. The largest absolute Gasteiger partial charge is 0.303 e. The van der Waals surface area contributed by atoms with Gasteiger partial charge in [0.25, 0.3) is 0 Å². The van der Waals surface area contributed by atoms with E-state index in [1.165, 1.54) is 5.56 Å². The lowest BCUT2D eigenvalue weighted by atomic mass is 10.4. The van der Waals surface area contributed by atoms with Gasteiger partial charge >= 0.3 is 0 Å². The molecular formula is C9H13N5S. The first-order valence-corrected chi connectivity index (χ1v) is 5.18. The zero-order chi connectivity index (χ0) is 10.8. The van der Waals surface area contributed by atoms with Gasteiger partial charge in [-0.2, -0.15) is 10.2 Å². The molecule has 0 amide bonds. The van der Waals surface area contributed by atoms with E-state index < -0.39 is 0 Å². The molecule has 0 fully saturated rings. The van der Waals surface area contributed by atoms with Crippen molar-refractivity contribution in [3.05, 3.63) is 28.6 Å². The van der Waals surface area contributed by atoms with E-state index in [0.29, 0.717) is 4.77 Å². The van der Waals surface area contributed by atoms with Gasteiger partial charge in [-0.3, -0.25) is 9.78 Å². The van der Waals surface area contributed by atoms with Crippen LogP contribution in [0.25, 0.3) is 0 Å². The molecule has 0 saturated carbocycles. The zero-order valence-corrected chi connectivity index (χ0v) is 9.58. The fourth-order valence-corrected chi connectivity index (χ4v) is 1.72. The van der Waals surface area contributed by atoms with Crippen molar-refractivity contribution in [2.45, 2.75) is 26.9 Å². The van der Waals surface area contributed by atoms with Crippen molar-refractivity contribution < 1.29 is 0 Å². The van der Waals surface area contributed by atoms with Gasteiger partial charge in [-0.25, -0.2) is 0 Å². The van der Waals surface area contributed by atoms with Gasteiger partial charge in [0.05, 0.1) is 12.7 Å². The number of H-pyrrole nitrogens is 1. The maximum atomic E-state index is 5.11. The van der Waals surface area contributed by atoms with Crippen LogP contribution in [-0.4, -0.2) is 24.5 Å². The van der Waals surface area contributed by atoms with Crippen molar-refractivity contribution in [3.8, 4) is 0 Å². The molecule has 0 saturated heterocycles. The molecule has 2 aromatic rings. The minimum absolute atomic E-state index is 0.663. The van der Waals surface area contributed by atoms with Crippen molar-refractivity contribution in [1.82, 2.24) is 24.5 Å². The molecule has 15 heavy (non-hydrogen) atoms. The number of aromatic amines is 1. The summed E-state index contributed by atoms with van der Waals surface area (Å²) in [5, 5.41) is 11.0. The average Bonchev–Trinajstić information content (AvgIpc) is 2.73. The Bertz CT molecular complexity index is 507. The summed E-state index contributed by atoms with van der Waals surface area (Å²) in [5.74, 6) is 0.906. The molecule has 0 bridgehead atoms. The van der Waals surface area contributed by atoms with Crippen LogP contribution in [0.5, 0.6) is 0 Å². The SMILES string of the molecule is Cc1cnn(CCn2c(C)n[nH]c2=S)c1. The first-order chi connectivity index (χ1) is 7.16. The summed E-state index contributed by atoms with van der Waals surface area (Å²) in [4.78, 5) is 0. The number of nitrogens with zero attached hydrogens (tertiary/aromatic N) is 4. The second-order valence-corrected chi connectivity index (χ2v) is 3.90. The third-order valence-corrected chi connectivity index (χ3v) is 2.58. The first-order valence-electron chi connectivity index (χ1n) is 4.77. The summed E-state index contributed by atoms with van der Waals surface area (Å²) in [6, 6.07) is 0. The summed E-state index contributed by atoms with van der Waals surface area (Å²) in [6.07, 6.45) is 3.86. The normalized spacial score (nSPS) is 10.8. The van der Waals surface area contributed by atoms with Crippen molar-refractivity contribution in [3.63, 3.8) is 0 Å². The van der Waals surface area contributed by atoms with Gasteiger partial charge < -0.3 is 4.57 Å². The Morgan fingerprint density at radius 3 is 2.73 bits per heavy atom. The van der Waals surface area contributed by atoms with Crippen LogP contribution >= 0.6 is 12.2 Å². The predicted molar refractivity (Wildman–Crippen MR) is 59.1 cm³/mol. The molecule has 2 aromatic heterocycles. The van der Waals surface area contributed by atoms with Crippen LogP contribution in [0, 0.1) is 18.6 Å². The van der Waals surface area contributed by atoms with E-state index in [0.717, 1.165) is 18.9 Å². The number of hydrogen-bond donors (Lipinski definition) is 1. The minimum Gasteiger partial charge on any atom is -0.303 e. The van der Waals surface area contributed by atoms with Crippen LogP contribution in [0.2, 0.25) is 0 Å². The fraction of sp³-hybridized carbons (Fsp3) is 0.444. The predicted octanol–water partition coefficient (Wildman–Crippen LogP) is 1.45. The molecular weight excluding hydrogens is 210 g/mol. The number of hydrogen-bond acceptors (Lipinski definition) is 3. The highest BCUT2D eigenvalue weighted by molar-refractivity contribution is 7.71. The molecule has 1 N–H and O–H groups in total. The number of rotatable bonds is 3. The van der Waals surface area contributed by atoms with Crippen LogP contribution < -0.4 is 0 Å². The molecule has 0 aliphatic rings. The zero-order valence-electron chi connectivity index (χ0n) is 8.77. The minimum atomic E-state index is 0.663. The molecule has 6 heteroatoms. The van der Waals surface area contributed by atoms with E-state index in [1.54, 1.807) is 0 Å². The molecule has 0 aliphatic carbocycles. The highest BCUT2D eigenvalue weighted by Crippen LogP contribution is 1.99. The maximum absolute atomic E-state index is 5.11. The van der Waals surface area contributed by atoms with Crippen LogP contribution in [-0.2, 0) is 13.1 Å². The topological polar surface area (TPSA) is 51.4 Å². The number of aromatic nitrogens is 5. The second-order valence-electron chi connectivity index (χ2n) is 3.51. The van der Waals surface area contributed by atoms with E-state index in [1.807, 2.05) is 35.5 Å². The van der Waals surface area contributed by atoms with Crippen molar-refractivity contribution in [2.75, 3.05) is 0 Å². The van der Waals surface area contributed by atoms with E-state index >= 15 is 0 Å². The van der Waals surface area contributed by atoms with Gasteiger partial charge in [-0.15, -0.1) is 0 Å². The smallest absolute Gasteiger partial charge is 0.195 e. The third kappa shape index (κ3) is 2.15. The van der Waals surface area contributed by atoms with Crippen LogP contribution in [0.4, 0.5) is 0 Å². The molecule has 5 nitrogen and oxygen atoms in total. The molecule has 0 aliphatic heterocycles. The van der Waals surface area contributed by atoms with Crippen molar-refractivity contribution in [1.29, 1.82) is 0 Å². The molecule has 0 aromatic carbocycles. The molecule has 0 radical (unpaired) electrons. The second kappa shape index (κ2) is 3.98. The summed E-state index contributed by atoms with van der Waals surface area (Å²) in [5.41, 5.74) is 1.17. The first kappa shape index (κ1) is 10.1. The van der Waals surface area contributed by atoms with E-state index in [4.69, 9.17) is 12.2 Å². The molecule has 0 spiro atoms. The Kier molecular flexibility index (Phi) is 2.68. The number of nitrogens with one attached hydrogen (secondary N) is 1. The van der Waals surface area contributed by atoms with E-state index in [9.17, 15) is 0 Å². The third-order valence-electron chi connectivity index (χ3n) is 2.26. The molecule has 0 unspecified atom stereocenters. The van der Waals surface area contributed by atoms with Gasteiger partial charge in [0, 0.05) is 12.7 Å². The number of aryl methyl sites for hydroxylation is 3. The standard InChI is InChI=1S/C9H13N5S/c1-7-5-10-13(6-7)3-4-14-8(2)11-12-9(14)15/h5-6H,3-4H2,1-2H3,(H,12,15). The quantitative estimate of drug-likeness (QED) is 0.801. The van der Waals surface area contributed by atoms with Crippen LogP contribution in [0.15, 0.2) is 12.4 Å². The van der Waals surface area contributed by atoms with Gasteiger partial charge in [-0.05, 0) is 31.6 Å². The van der Waals surface area contributed by atoms with Crippen molar-refractivity contribution >= 4 is 12.2 Å². The Labute approximate surface area is 92.7 Å². The molecule has 2 rings (SSSR count). The Morgan fingerprint density at radius 1 is 1.40 bits per heavy atom. The van der Waals surface area contributed by atoms with Gasteiger partial charge in [0.2, 0.25) is 0 Å². The summed E-state index contributed by atoms with van der Waals surface area (Å²) in [7, 11) is 0. The molecule has 80 valence electrons.